The summed E-state index contributed by atoms with van der Waals surface area (Å²) in [5.74, 6) is -8.84. The molecule has 0 aliphatic rings. The Hall–Kier alpha value is -3.83. The Morgan fingerprint density at radius 3 is 1.74 bits per heavy atom. The van der Waals surface area contributed by atoms with E-state index in [1.165, 1.54) is 0 Å². The highest BCUT2D eigenvalue weighted by molar-refractivity contribution is 5.95. The predicted octanol–water partition coefficient (Wildman–Crippen LogP) is -5.71. The molecule has 34 heavy (non-hydrogen) atoms. The van der Waals surface area contributed by atoms with Gasteiger partial charge in [0.05, 0.1) is 26.2 Å². The molecule has 4 atom stereocenters. The summed E-state index contributed by atoms with van der Waals surface area (Å²) in [7, 11) is 0. The summed E-state index contributed by atoms with van der Waals surface area (Å²) in [4.78, 5) is 80.9. The molecule has 0 saturated carbocycles. The van der Waals surface area contributed by atoms with Gasteiger partial charge in [0, 0.05) is 6.42 Å². The number of hydrogen-bond donors (Lipinski definition) is 10. The first-order chi connectivity index (χ1) is 15.8. The van der Waals surface area contributed by atoms with E-state index in [2.05, 4.69) is 5.32 Å². The summed E-state index contributed by atoms with van der Waals surface area (Å²) >= 11 is 0. The van der Waals surface area contributed by atoms with Crippen LogP contribution in [0.4, 0.5) is 0 Å². The maximum absolute atomic E-state index is 12.3. The van der Waals surface area contributed by atoms with E-state index in [1.807, 2.05) is 16.0 Å². The lowest BCUT2D eigenvalue weighted by Gasteiger charge is -2.23. The van der Waals surface area contributed by atoms with Crippen molar-refractivity contribution in [3.05, 3.63) is 0 Å². The van der Waals surface area contributed by atoms with Crippen molar-refractivity contribution >= 4 is 41.5 Å². The maximum Gasteiger partial charge on any atom is 0.326 e. The first kappa shape index (κ1) is 30.2. The van der Waals surface area contributed by atoms with E-state index < -0.39 is 105 Å². The Morgan fingerprint density at radius 2 is 1.26 bits per heavy atom. The van der Waals surface area contributed by atoms with Crippen molar-refractivity contribution in [3.63, 3.8) is 0 Å². The summed E-state index contributed by atoms with van der Waals surface area (Å²) in [6, 6.07) is -6.53. The summed E-state index contributed by atoms with van der Waals surface area (Å²) < 4.78 is 0. The van der Waals surface area contributed by atoms with Crippen LogP contribution >= 0.6 is 0 Å². The number of nitrogens with one attached hydrogen (secondary N) is 4. The van der Waals surface area contributed by atoms with Gasteiger partial charge in [0.25, 0.3) is 0 Å². The van der Waals surface area contributed by atoms with Gasteiger partial charge in [-0.2, -0.15) is 0 Å². The quantitative estimate of drug-likeness (QED) is 0.0959. The summed E-state index contributed by atoms with van der Waals surface area (Å²) in [6.45, 7) is -2.39. The van der Waals surface area contributed by atoms with Gasteiger partial charge in [0.1, 0.15) is 24.2 Å². The van der Waals surface area contributed by atoms with Crippen LogP contribution in [0.2, 0.25) is 0 Å². The standard InChI is InChI=1S/C17H27N5O12/c18-7(5-23)14(30)19-4-11(25)20-10(6-24)16(32)22-9(3-13(28)29)15(31)21-8(17(33)34)1-2-12(26)27/h7-10,23-24H,1-6,18H2,(H,19,30)(H,20,25)(H,21,31)(H,22,32)(H,26,27)(H,28,29)(H,33,34)/t7-,8-,9-,10-/m0/s1. The van der Waals surface area contributed by atoms with Crippen LogP contribution in [0.5, 0.6) is 0 Å². The summed E-state index contributed by atoms with van der Waals surface area (Å²) in [5.41, 5.74) is 5.24. The topological polar surface area (TPSA) is 295 Å². The Morgan fingerprint density at radius 1 is 0.706 bits per heavy atom. The fourth-order valence-corrected chi connectivity index (χ4v) is 2.27. The fraction of sp³-hybridized carbons (Fsp3) is 0.588. The molecule has 0 spiro atoms. The van der Waals surface area contributed by atoms with Gasteiger partial charge in [0.2, 0.25) is 23.6 Å². The number of rotatable bonds is 16. The number of hydrogen-bond acceptors (Lipinski definition) is 10. The number of carboxylic acids is 3. The van der Waals surface area contributed by atoms with Crippen LogP contribution in [0.3, 0.4) is 0 Å². The van der Waals surface area contributed by atoms with Gasteiger partial charge in [-0.3, -0.25) is 28.8 Å². The molecule has 0 aromatic rings. The molecule has 0 aromatic heterocycles. The second-order valence-electron chi connectivity index (χ2n) is 6.80. The molecule has 0 rings (SSSR count). The molecular formula is C17H27N5O12. The Labute approximate surface area is 191 Å². The van der Waals surface area contributed by atoms with Gasteiger partial charge < -0.3 is 52.5 Å². The SMILES string of the molecule is N[C@@H](CO)C(=O)NCC(=O)N[C@@H](CO)C(=O)N[C@@H](CC(=O)O)C(=O)N[C@@H](CCC(=O)O)C(=O)O. The second-order valence-corrected chi connectivity index (χ2v) is 6.80. The van der Waals surface area contributed by atoms with Crippen LogP contribution in [0, 0.1) is 0 Å². The number of nitrogens with two attached hydrogens (primary N) is 1. The predicted molar refractivity (Wildman–Crippen MR) is 108 cm³/mol. The molecule has 0 aliphatic heterocycles. The van der Waals surface area contributed by atoms with Gasteiger partial charge >= 0.3 is 17.9 Å². The van der Waals surface area contributed by atoms with Gasteiger partial charge in [-0.1, -0.05) is 0 Å². The lowest BCUT2D eigenvalue weighted by molar-refractivity contribution is -0.144. The first-order valence-corrected chi connectivity index (χ1v) is 9.63. The van der Waals surface area contributed by atoms with Crippen LogP contribution in [0.1, 0.15) is 19.3 Å². The number of aliphatic hydroxyl groups is 2. The number of carbonyl (C=O) groups is 7. The molecule has 4 amide bonds. The molecule has 0 aliphatic carbocycles. The normalized spacial score (nSPS) is 14.0. The van der Waals surface area contributed by atoms with Gasteiger partial charge in [-0.25, -0.2) is 4.79 Å². The Bertz CT molecular complexity index is 789. The lowest BCUT2D eigenvalue weighted by Crippen LogP contribution is -2.58. The van der Waals surface area contributed by atoms with Crippen molar-refractivity contribution < 1.29 is 59.1 Å². The van der Waals surface area contributed by atoms with E-state index in [0.717, 1.165) is 0 Å². The van der Waals surface area contributed by atoms with Gasteiger partial charge in [0.15, 0.2) is 0 Å². The van der Waals surface area contributed by atoms with E-state index in [9.17, 15) is 38.7 Å². The van der Waals surface area contributed by atoms with E-state index in [0.29, 0.717) is 0 Å². The molecule has 0 saturated heterocycles. The minimum absolute atomic E-state index is 0.523. The highest BCUT2D eigenvalue weighted by atomic mass is 16.4. The largest absolute Gasteiger partial charge is 0.481 e. The molecule has 17 nitrogen and oxygen atoms in total. The van der Waals surface area contributed by atoms with E-state index in [1.54, 1.807) is 0 Å². The van der Waals surface area contributed by atoms with Gasteiger partial charge in [-0.15, -0.1) is 0 Å². The third-order valence-corrected chi connectivity index (χ3v) is 4.06. The van der Waals surface area contributed by atoms with Crippen molar-refractivity contribution in [1.82, 2.24) is 21.3 Å². The number of amides is 4. The average Bonchev–Trinajstić information content (AvgIpc) is 2.76. The highest BCUT2D eigenvalue weighted by Gasteiger charge is 2.31. The smallest absolute Gasteiger partial charge is 0.326 e. The van der Waals surface area contributed by atoms with Crippen LogP contribution in [-0.2, 0) is 33.6 Å². The zero-order valence-electron chi connectivity index (χ0n) is 17.7. The molecule has 0 unspecified atom stereocenters. The van der Waals surface area contributed by atoms with Crippen LogP contribution in [-0.4, -0.2) is 111 Å². The van der Waals surface area contributed by atoms with Crippen LogP contribution in [0.25, 0.3) is 0 Å². The molecule has 0 heterocycles. The molecule has 0 aromatic carbocycles. The van der Waals surface area contributed by atoms with Crippen LogP contribution < -0.4 is 27.0 Å². The minimum atomic E-state index is -1.84. The van der Waals surface area contributed by atoms with Gasteiger partial charge in [-0.05, 0) is 6.42 Å². The van der Waals surface area contributed by atoms with Crippen molar-refractivity contribution in [2.45, 2.75) is 43.4 Å². The number of carboxylic acid groups (broad SMARTS) is 3. The number of aliphatic hydroxyl groups excluding tert-OH is 2. The zero-order valence-corrected chi connectivity index (χ0v) is 17.7. The Kier molecular flexibility index (Phi) is 13.4. The van der Waals surface area contributed by atoms with Crippen molar-refractivity contribution in [2.75, 3.05) is 19.8 Å². The van der Waals surface area contributed by atoms with E-state index in [-0.39, 0.29) is 0 Å². The maximum atomic E-state index is 12.3. The molecule has 17 heteroatoms. The van der Waals surface area contributed by atoms with Crippen LogP contribution in [0.15, 0.2) is 0 Å². The molecule has 0 bridgehead atoms. The highest BCUT2D eigenvalue weighted by Crippen LogP contribution is 2.02. The zero-order chi connectivity index (χ0) is 26.4. The molecule has 0 radical (unpaired) electrons. The lowest BCUT2D eigenvalue weighted by atomic mass is 10.1. The summed E-state index contributed by atoms with van der Waals surface area (Å²) in [6.07, 6.45) is -2.15. The van der Waals surface area contributed by atoms with Crippen molar-refractivity contribution in [1.29, 1.82) is 0 Å². The average molecular weight is 493 g/mol. The first-order valence-electron chi connectivity index (χ1n) is 9.63. The molecule has 11 N–H and O–H groups in total. The number of carbonyl (C=O) groups excluding carboxylic acids is 4. The molecule has 192 valence electrons. The Balaban J connectivity index is 5.18. The summed E-state index contributed by atoms with van der Waals surface area (Å²) in [5, 5.41) is 52.8. The molecule has 0 fully saturated rings. The number of aliphatic carboxylic acids is 3. The van der Waals surface area contributed by atoms with Crippen molar-refractivity contribution in [3.8, 4) is 0 Å². The van der Waals surface area contributed by atoms with Crippen molar-refractivity contribution in [2.24, 2.45) is 5.73 Å². The van der Waals surface area contributed by atoms with E-state index >= 15 is 0 Å². The minimum Gasteiger partial charge on any atom is -0.481 e. The third-order valence-electron chi connectivity index (χ3n) is 4.06. The fourth-order valence-electron chi connectivity index (χ4n) is 2.27. The van der Waals surface area contributed by atoms with E-state index in [4.69, 9.17) is 26.2 Å². The third kappa shape index (κ3) is 11.7. The molecular weight excluding hydrogens is 466 g/mol. The monoisotopic (exact) mass is 493 g/mol. The second kappa shape index (κ2) is 15.1.